The molecule has 2 aliphatic rings. The zero-order chi connectivity index (χ0) is 30.8. The largest absolute Gasteiger partial charge is 0.369 e. The number of ketones is 1. The van der Waals surface area contributed by atoms with Crippen LogP contribution in [0.3, 0.4) is 0 Å². The molecule has 2 fully saturated rings. The molecule has 8 nitrogen and oxygen atoms in total. The Labute approximate surface area is 244 Å². The molecule has 0 saturated carbocycles. The lowest BCUT2D eigenvalue weighted by atomic mass is 9.97. The Hall–Kier alpha value is -2.42. The number of benzene rings is 1. The van der Waals surface area contributed by atoms with E-state index in [1.165, 1.54) is 19.4 Å². The topological polar surface area (TPSA) is 98.8 Å². The minimum absolute atomic E-state index is 0.0356. The molecule has 3 rings (SSSR count). The van der Waals surface area contributed by atoms with Gasteiger partial charge in [-0.3, -0.25) is 14.5 Å². The number of rotatable bonds is 10. The van der Waals surface area contributed by atoms with Crippen molar-refractivity contribution < 1.29 is 19.2 Å². The monoisotopic (exact) mass is 562 g/mol. The van der Waals surface area contributed by atoms with Crippen LogP contribution in [-0.4, -0.2) is 89.5 Å². The van der Waals surface area contributed by atoms with E-state index in [9.17, 15) is 19.2 Å². The molecule has 2 heterocycles. The molecule has 2 aliphatic heterocycles. The van der Waals surface area contributed by atoms with Gasteiger partial charge in [0.25, 0.3) is 0 Å². The van der Waals surface area contributed by atoms with Crippen molar-refractivity contribution in [2.24, 2.45) is 11.8 Å². The quantitative estimate of drug-likeness (QED) is 0.307. The van der Waals surface area contributed by atoms with Gasteiger partial charge in [-0.25, -0.2) is 0 Å². The number of Topliss-reactive ketones (excluding diaryl/α,β-unsaturated/α-hetero) is 1. The Balaban J connectivity index is 0. The molecular weight excluding hydrogens is 504 g/mol. The molecule has 0 spiro atoms. The van der Waals surface area contributed by atoms with Crippen LogP contribution in [-0.2, 0) is 9.59 Å². The molecule has 1 aromatic carbocycles. The maximum absolute atomic E-state index is 12.1. The minimum Gasteiger partial charge on any atom is -0.369 e. The number of piperazine rings is 1. The highest BCUT2D eigenvalue weighted by Crippen LogP contribution is 2.22. The Morgan fingerprint density at radius 2 is 1.60 bits per heavy atom. The summed E-state index contributed by atoms with van der Waals surface area (Å²) in [4.78, 5) is 47.8. The third-order valence-electron chi connectivity index (χ3n) is 6.47. The number of piperidine rings is 1. The highest BCUT2D eigenvalue weighted by Gasteiger charge is 2.22. The Kier molecular flexibility index (Phi) is 26.6. The number of anilines is 1. The van der Waals surface area contributed by atoms with Gasteiger partial charge in [0.05, 0.1) is 0 Å². The number of aldehydes is 3. The summed E-state index contributed by atoms with van der Waals surface area (Å²) in [6, 6.07) is 5.66. The van der Waals surface area contributed by atoms with Crippen LogP contribution in [0.4, 0.5) is 5.69 Å². The summed E-state index contributed by atoms with van der Waals surface area (Å²) in [7, 11) is 3.75. The molecule has 230 valence electrons. The van der Waals surface area contributed by atoms with Gasteiger partial charge in [0, 0.05) is 68.3 Å². The summed E-state index contributed by atoms with van der Waals surface area (Å²) in [6.07, 6.45) is 6.67. The van der Waals surface area contributed by atoms with Crippen molar-refractivity contribution in [3.05, 3.63) is 29.3 Å². The average molecular weight is 563 g/mol. The van der Waals surface area contributed by atoms with Crippen molar-refractivity contribution in [1.82, 2.24) is 15.5 Å². The second kappa shape index (κ2) is 26.8. The first-order valence-electron chi connectivity index (χ1n) is 15.2. The highest BCUT2D eigenvalue weighted by atomic mass is 16.1. The summed E-state index contributed by atoms with van der Waals surface area (Å²) in [5, 5.41) is 6.18. The van der Waals surface area contributed by atoms with E-state index < -0.39 is 0 Å². The van der Waals surface area contributed by atoms with E-state index >= 15 is 0 Å². The fourth-order valence-corrected chi connectivity index (χ4v) is 4.29. The molecule has 2 N–H and O–H groups in total. The van der Waals surface area contributed by atoms with Crippen molar-refractivity contribution >= 4 is 30.3 Å². The molecule has 1 atom stereocenters. The van der Waals surface area contributed by atoms with Crippen molar-refractivity contribution in [1.29, 1.82) is 0 Å². The predicted molar refractivity (Wildman–Crippen MR) is 169 cm³/mol. The predicted octanol–water partition coefficient (Wildman–Crippen LogP) is 4.90. The van der Waals surface area contributed by atoms with E-state index in [0.717, 1.165) is 69.7 Å². The van der Waals surface area contributed by atoms with Gasteiger partial charge in [-0.1, -0.05) is 41.5 Å². The fourth-order valence-electron chi connectivity index (χ4n) is 4.29. The fraction of sp³-hybridized carbons (Fsp3) is 0.688. The first-order valence-corrected chi connectivity index (χ1v) is 15.2. The normalized spacial score (nSPS) is 15.7. The van der Waals surface area contributed by atoms with E-state index in [4.69, 9.17) is 0 Å². The van der Waals surface area contributed by atoms with Crippen LogP contribution < -0.4 is 15.5 Å². The Morgan fingerprint density at radius 1 is 1.02 bits per heavy atom. The van der Waals surface area contributed by atoms with E-state index in [1.807, 2.05) is 60.8 Å². The lowest BCUT2D eigenvalue weighted by molar-refractivity contribution is -0.111. The summed E-state index contributed by atoms with van der Waals surface area (Å²) < 4.78 is 0. The van der Waals surface area contributed by atoms with Crippen molar-refractivity contribution in [2.45, 2.75) is 73.6 Å². The molecule has 40 heavy (non-hydrogen) atoms. The number of nitrogens with zero attached hydrogens (tertiary/aromatic N) is 2. The molecule has 0 aromatic heterocycles. The lowest BCUT2D eigenvalue weighted by Crippen LogP contribution is -2.48. The number of hydrogen-bond donors (Lipinski definition) is 2. The average Bonchev–Trinajstić information content (AvgIpc) is 3.02. The van der Waals surface area contributed by atoms with E-state index in [0.29, 0.717) is 30.4 Å². The van der Waals surface area contributed by atoms with Gasteiger partial charge in [0.1, 0.15) is 12.6 Å². The zero-order valence-electron chi connectivity index (χ0n) is 26.6. The summed E-state index contributed by atoms with van der Waals surface area (Å²) in [5.74, 6) is 0.905. The van der Waals surface area contributed by atoms with Crippen LogP contribution in [0.2, 0.25) is 0 Å². The number of nitrogens with one attached hydrogen (secondary N) is 2. The number of hydrogen-bond acceptors (Lipinski definition) is 8. The van der Waals surface area contributed by atoms with Crippen LogP contribution in [0.25, 0.3) is 0 Å². The van der Waals surface area contributed by atoms with Gasteiger partial charge < -0.3 is 25.1 Å². The second-order valence-corrected chi connectivity index (χ2v) is 9.50. The maximum Gasteiger partial charge on any atom is 0.163 e. The standard InChI is InChI=1S/C20H29N3O2.C6H10O2.C2H7N.2C2H6/c1-2-20(25)19-13-18(4-3-17(19)15-24)23-11-9-22(10-12-23)14-16-5-7-21-8-6-16;1-6(5-8)3-2-4-7;1-3-2;2*1-2/h3-4,13,15-16,21H,2,5-12,14H2,1H3;4-6H,2-3H2,1H3;3H,1-2H3;2*1-2H3. The van der Waals surface area contributed by atoms with Gasteiger partial charge in [0.15, 0.2) is 12.1 Å². The van der Waals surface area contributed by atoms with Gasteiger partial charge in [0.2, 0.25) is 0 Å². The molecule has 1 unspecified atom stereocenters. The number of carbonyl (C=O) groups excluding carboxylic acids is 4. The maximum atomic E-state index is 12.1. The summed E-state index contributed by atoms with van der Waals surface area (Å²) in [5.41, 5.74) is 2.12. The van der Waals surface area contributed by atoms with Gasteiger partial charge in [-0.05, 0) is 70.6 Å². The summed E-state index contributed by atoms with van der Waals surface area (Å²) >= 11 is 0. The molecule has 0 amide bonds. The molecule has 1 aromatic rings. The molecule has 0 bridgehead atoms. The first-order chi connectivity index (χ1) is 19.4. The number of carbonyl (C=O) groups is 4. The SMILES string of the molecule is CC.CC.CC(C=O)CCC=O.CCC(=O)c1cc(N2CCN(CC3CCNCC3)CC2)ccc1C=O.CNC. The minimum atomic E-state index is 0.0356. The van der Waals surface area contributed by atoms with Crippen LogP contribution >= 0.6 is 0 Å². The van der Waals surface area contributed by atoms with Gasteiger partial charge in [-0.2, -0.15) is 0 Å². The molecule has 0 radical (unpaired) electrons. The smallest absolute Gasteiger partial charge is 0.163 e. The molecule has 0 aliphatic carbocycles. The van der Waals surface area contributed by atoms with Gasteiger partial charge >= 0.3 is 0 Å². The lowest BCUT2D eigenvalue weighted by Gasteiger charge is -2.38. The third-order valence-corrected chi connectivity index (χ3v) is 6.47. The van der Waals surface area contributed by atoms with E-state index in [1.54, 1.807) is 13.0 Å². The zero-order valence-corrected chi connectivity index (χ0v) is 26.6. The van der Waals surface area contributed by atoms with Crippen LogP contribution in [0.5, 0.6) is 0 Å². The van der Waals surface area contributed by atoms with Crippen LogP contribution in [0.15, 0.2) is 18.2 Å². The van der Waals surface area contributed by atoms with E-state index in [-0.39, 0.29) is 11.7 Å². The van der Waals surface area contributed by atoms with Crippen molar-refractivity contribution in [3.8, 4) is 0 Å². The summed E-state index contributed by atoms with van der Waals surface area (Å²) in [6.45, 7) is 19.2. The highest BCUT2D eigenvalue weighted by molar-refractivity contribution is 6.03. The second-order valence-electron chi connectivity index (χ2n) is 9.50. The molecular formula is C32H58N4O4. The van der Waals surface area contributed by atoms with Crippen LogP contribution in [0.1, 0.15) is 94.4 Å². The Bertz CT molecular complexity index is 789. The van der Waals surface area contributed by atoms with Crippen LogP contribution in [0, 0.1) is 11.8 Å². The van der Waals surface area contributed by atoms with E-state index in [2.05, 4.69) is 20.4 Å². The molecule has 8 heteroatoms. The molecule has 2 saturated heterocycles. The van der Waals surface area contributed by atoms with Crippen molar-refractivity contribution in [2.75, 3.05) is 64.8 Å². The van der Waals surface area contributed by atoms with Gasteiger partial charge in [-0.15, -0.1) is 0 Å². The van der Waals surface area contributed by atoms with Crippen molar-refractivity contribution in [3.63, 3.8) is 0 Å². The third kappa shape index (κ3) is 16.6. The Morgan fingerprint density at radius 3 is 2.08 bits per heavy atom. The first kappa shape index (κ1) is 39.7.